The van der Waals surface area contributed by atoms with Crippen LogP contribution in [0.25, 0.3) is 0 Å². The summed E-state index contributed by atoms with van der Waals surface area (Å²) >= 11 is 9.08. The molecule has 0 saturated carbocycles. The number of nitrogens with zero attached hydrogens (tertiary/aromatic N) is 2. The summed E-state index contributed by atoms with van der Waals surface area (Å²) in [5.41, 5.74) is 3.82. The first-order valence-corrected chi connectivity index (χ1v) is 5.73. The number of aromatic nitrogens is 2. The number of halogens is 2. The predicted molar refractivity (Wildman–Crippen MR) is 60.9 cm³/mol. The van der Waals surface area contributed by atoms with Gasteiger partial charge in [0, 0.05) is 12.9 Å². The summed E-state index contributed by atoms with van der Waals surface area (Å²) in [7, 11) is 1.89. The first kappa shape index (κ1) is 12.0. The number of hydrazine groups is 1. The molecule has 0 aliphatic carbocycles. The Labute approximate surface area is 96.9 Å². The van der Waals surface area contributed by atoms with Crippen molar-refractivity contribution in [2.75, 3.05) is 5.88 Å². The van der Waals surface area contributed by atoms with Gasteiger partial charge >= 0.3 is 0 Å². The zero-order valence-electron chi connectivity index (χ0n) is 8.00. The van der Waals surface area contributed by atoms with Crippen molar-refractivity contribution in [1.82, 2.24) is 15.2 Å². The summed E-state index contributed by atoms with van der Waals surface area (Å²) in [4.78, 5) is 0. The molecule has 0 aliphatic heterocycles. The number of nitrogens with two attached hydrogens (primary N) is 1. The summed E-state index contributed by atoms with van der Waals surface area (Å²) in [5, 5.41) is 4.13. The van der Waals surface area contributed by atoms with Gasteiger partial charge in [0.15, 0.2) is 0 Å². The molecular formula is C8H14BrClN4. The Kier molecular flexibility index (Phi) is 4.88. The van der Waals surface area contributed by atoms with Crippen molar-refractivity contribution in [3.63, 3.8) is 0 Å². The molecule has 0 radical (unpaired) electrons. The highest BCUT2D eigenvalue weighted by atomic mass is 79.9. The highest BCUT2D eigenvalue weighted by Gasteiger charge is 2.16. The maximum atomic E-state index is 5.64. The van der Waals surface area contributed by atoms with Crippen LogP contribution in [0.2, 0.25) is 0 Å². The average Bonchev–Trinajstić information content (AvgIpc) is 2.50. The van der Waals surface area contributed by atoms with E-state index in [1.807, 2.05) is 11.7 Å². The normalized spacial score (nSPS) is 13.1. The van der Waals surface area contributed by atoms with Gasteiger partial charge in [-0.25, -0.2) is 0 Å². The van der Waals surface area contributed by atoms with Crippen LogP contribution >= 0.6 is 27.5 Å². The van der Waals surface area contributed by atoms with E-state index in [4.69, 9.17) is 17.4 Å². The van der Waals surface area contributed by atoms with Gasteiger partial charge < -0.3 is 0 Å². The number of aryl methyl sites for hydroxylation is 1. The highest BCUT2D eigenvalue weighted by molar-refractivity contribution is 9.10. The van der Waals surface area contributed by atoms with E-state index in [1.165, 1.54) is 0 Å². The Morgan fingerprint density at radius 3 is 2.93 bits per heavy atom. The number of nitrogens with one attached hydrogen (secondary N) is 1. The van der Waals surface area contributed by atoms with Crippen LogP contribution in [0.4, 0.5) is 0 Å². The van der Waals surface area contributed by atoms with Gasteiger partial charge in [0.05, 0.1) is 22.4 Å². The van der Waals surface area contributed by atoms with Crippen LogP contribution in [-0.2, 0) is 7.05 Å². The molecule has 1 aromatic heterocycles. The highest BCUT2D eigenvalue weighted by Crippen LogP contribution is 2.25. The summed E-state index contributed by atoms with van der Waals surface area (Å²) in [6.07, 6.45) is 3.59. The Bertz CT molecular complexity index is 269. The minimum atomic E-state index is 0.0932. The van der Waals surface area contributed by atoms with E-state index < -0.39 is 0 Å². The average molecular weight is 282 g/mol. The van der Waals surface area contributed by atoms with Crippen LogP contribution in [0, 0.1) is 0 Å². The van der Waals surface area contributed by atoms with Crippen molar-refractivity contribution in [2.24, 2.45) is 12.9 Å². The maximum Gasteiger partial charge on any atom is 0.0705 e. The second-order valence-corrected chi connectivity index (χ2v) is 4.28. The molecule has 0 spiro atoms. The summed E-state index contributed by atoms with van der Waals surface area (Å²) < 4.78 is 2.78. The molecule has 0 bridgehead atoms. The minimum absolute atomic E-state index is 0.0932. The molecule has 1 heterocycles. The van der Waals surface area contributed by atoms with Gasteiger partial charge in [0.1, 0.15) is 0 Å². The Morgan fingerprint density at radius 1 is 1.79 bits per heavy atom. The van der Waals surface area contributed by atoms with Gasteiger partial charge in [-0.2, -0.15) is 5.10 Å². The minimum Gasteiger partial charge on any atom is -0.271 e. The van der Waals surface area contributed by atoms with Gasteiger partial charge in [-0.15, -0.1) is 11.6 Å². The molecule has 1 rings (SSSR count). The Balaban J connectivity index is 2.77. The van der Waals surface area contributed by atoms with E-state index >= 15 is 0 Å². The second-order valence-electron chi connectivity index (χ2n) is 3.05. The van der Waals surface area contributed by atoms with Crippen LogP contribution in [0.3, 0.4) is 0 Å². The Hall–Kier alpha value is -0.100. The number of hydrogen-bond donors (Lipinski definition) is 2. The van der Waals surface area contributed by atoms with E-state index in [0.29, 0.717) is 5.88 Å². The molecule has 14 heavy (non-hydrogen) atoms. The first-order chi connectivity index (χ1) is 6.70. The molecule has 1 unspecified atom stereocenters. The van der Waals surface area contributed by atoms with Crippen molar-refractivity contribution >= 4 is 27.5 Å². The van der Waals surface area contributed by atoms with E-state index in [0.717, 1.165) is 23.0 Å². The molecule has 0 fully saturated rings. The van der Waals surface area contributed by atoms with Gasteiger partial charge in [0.2, 0.25) is 0 Å². The smallest absolute Gasteiger partial charge is 0.0705 e. The standard InChI is InChI=1S/C8H14BrClN4/c1-14-8(6(9)5-12-14)7(13-11)3-2-4-10/h5,7,13H,2-4,11H2,1H3. The summed E-state index contributed by atoms with van der Waals surface area (Å²) in [6, 6.07) is 0.0932. The number of rotatable bonds is 5. The van der Waals surface area contributed by atoms with Crippen molar-refractivity contribution in [1.29, 1.82) is 0 Å². The first-order valence-electron chi connectivity index (χ1n) is 4.40. The number of alkyl halides is 1. The zero-order chi connectivity index (χ0) is 10.6. The summed E-state index contributed by atoms with van der Waals surface area (Å²) in [5.74, 6) is 6.13. The third-order valence-corrected chi connectivity index (χ3v) is 2.97. The molecular weight excluding hydrogens is 267 g/mol. The second kappa shape index (κ2) is 5.70. The molecule has 1 atom stereocenters. The van der Waals surface area contributed by atoms with Crippen molar-refractivity contribution < 1.29 is 0 Å². The van der Waals surface area contributed by atoms with Crippen molar-refractivity contribution in [3.05, 3.63) is 16.4 Å². The van der Waals surface area contributed by atoms with Crippen LogP contribution in [0.5, 0.6) is 0 Å². The fourth-order valence-electron chi connectivity index (χ4n) is 1.39. The van der Waals surface area contributed by atoms with E-state index in [1.54, 1.807) is 6.20 Å². The largest absolute Gasteiger partial charge is 0.271 e. The van der Waals surface area contributed by atoms with Gasteiger partial charge in [-0.05, 0) is 28.8 Å². The molecule has 0 amide bonds. The van der Waals surface area contributed by atoms with Crippen LogP contribution in [0.15, 0.2) is 10.7 Å². The van der Waals surface area contributed by atoms with Gasteiger partial charge in [-0.1, -0.05) is 0 Å². The molecule has 3 N–H and O–H groups in total. The third-order valence-electron chi connectivity index (χ3n) is 2.10. The van der Waals surface area contributed by atoms with E-state index in [2.05, 4.69) is 26.5 Å². The lowest BCUT2D eigenvalue weighted by atomic mass is 10.1. The van der Waals surface area contributed by atoms with Crippen LogP contribution < -0.4 is 11.3 Å². The molecule has 4 nitrogen and oxygen atoms in total. The lowest BCUT2D eigenvalue weighted by Crippen LogP contribution is -2.29. The predicted octanol–water partition coefficient (Wildman–Crippen LogP) is 1.71. The SMILES string of the molecule is Cn1ncc(Br)c1C(CCCCl)NN. The monoisotopic (exact) mass is 280 g/mol. The molecule has 80 valence electrons. The number of hydrogen-bond acceptors (Lipinski definition) is 3. The molecule has 0 saturated heterocycles. The van der Waals surface area contributed by atoms with Crippen LogP contribution in [0.1, 0.15) is 24.6 Å². The fourth-order valence-corrected chi connectivity index (χ4v) is 2.17. The zero-order valence-corrected chi connectivity index (χ0v) is 10.3. The van der Waals surface area contributed by atoms with Gasteiger partial charge in [0.25, 0.3) is 0 Å². The third kappa shape index (κ3) is 2.70. The molecule has 0 aromatic carbocycles. The molecule has 6 heteroatoms. The molecule has 1 aromatic rings. The van der Waals surface area contributed by atoms with E-state index in [9.17, 15) is 0 Å². The quantitative estimate of drug-likeness (QED) is 0.491. The van der Waals surface area contributed by atoms with E-state index in [-0.39, 0.29) is 6.04 Å². The maximum absolute atomic E-state index is 5.64. The fraction of sp³-hybridized carbons (Fsp3) is 0.625. The lowest BCUT2D eigenvalue weighted by Gasteiger charge is -2.16. The summed E-state index contributed by atoms with van der Waals surface area (Å²) in [6.45, 7) is 0. The topological polar surface area (TPSA) is 55.9 Å². The lowest BCUT2D eigenvalue weighted by molar-refractivity contribution is 0.475. The van der Waals surface area contributed by atoms with Gasteiger partial charge in [-0.3, -0.25) is 16.0 Å². The Morgan fingerprint density at radius 2 is 2.50 bits per heavy atom. The van der Waals surface area contributed by atoms with Crippen molar-refractivity contribution in [3.8, 4) is 0 Å². The van der Waals surface area contributed by atoms with Crippen LogP contribution in [-0.4, -0.2) is 15.7 Å². The molecule has 0 aliphatic rings. The van der Waals surface area contributed by atoms with Crippen molar-refractivity contribution in [2.45, 2.75) is 18.9 Å².